The minimum atomic E-state index is -0.945. The van der Waals surface area contributed by atoms with Crippen molar-refractivity contribution in [3.63, 3.8) is 0 Å². The molecule has 1 aromatic rings. The first kappa shape index (κ1) is 12.3. The average Bonchev–Trinajstić information content (AvgIpc) is 2.79. The number of hydrogen-bond acceptors (Lipinski definition) is 5. The van der Waals surface area contributed by atoms with Crippen LogP contribution >= 0.6 is 0 Å². The molecule has 2 aliphatic heterocycles. The summed E-state index contributed by atoms with van der Waals surface area (Å²) < 4.78 is 21.9. The van der Waals surface area contributed by atoms with E-state index in [1.807, 2.05) is 0 Å². The van der Waals surface area contributed by atoms with Crippen LogP contribution in [0.15, 0.2) is 18.2 Å². The van der Waals surface area contributed by atoms with Crippen molar-refractivity contribution < 1.29 is 23.7 Å². The summed E-state index contributed by atoms with van der Waals surface area (Å²) >= 11 is 0. The van der Waals surface area contributed by atoms with Gasteiger partial charge in [0.1, 0.15) is 23.2 Å². The predicted molar refractivity (Wildman–Crippen MR) is 66.4 cm³/mol. The van der Waals surface area contributed by atoms with E-state index in [0.29, 0.717) is 30.3 Å². The summed E-state index contributed by atoms with van der Waals surface area (Å²) in [5, 5.41) is 0. The second-order valence-electron chi connectivity index (χ2n) is 5.12. The van der Waals surface area contributed by atoms with Crippen LogP contribution in [-0.4, -0.2) is 31.1 Å². The number of hydrogen-bond donors (Lipinski definition) is 0. The van der Waals surface area contributed by atoms with Crippen molar-refractivity contribution in [2.24, 2.45) is 0 Å². The first-order valence-electron chi connectivity index (χ1n) is 6.35. The van der Waals surface area contributed by atoms with Gasteiger partial charge in [0.05, 0.1) is 13.2 Å². The molecule has 102 valence electrons. The Morgan fingerprint density at radius 3 is 2.89 bits per heavy atom. The van der Waals surface area contributed by atoms with Crippen LogP contribution in [0.5, 0.6) is 11.5 Å². The number of esters is 1. The SMILES string of the molecule is CC1(C)OC(=O)c2c(OC3CCOC3)cccc2O1. The van der Waals surface area contributed by atoms with Crippen LogP contribution in [0.3, 0.4) is 0 Å². The lowest BCUT2D eigenvalue weighted by atomic mass is 10.1. The highest BCUT2D eigenvalue weighted by molar-refractivity contribution is 5.96. The third-order valence-corrected chi connectivity index (χ3v) is 3.07. The molecule has 0 saturated carbocycles. The topological polar surface area (TPSA) is 54.0 Å². The normalized spacial score (nSPS) is 24.3. The number of fused-ring (bicyclic) bond motifs is 1. The van der Waals surface area contributed by atoms with E-state index in [1.165, 1.54) is 0 Å². The highest BCUT2D eigenvalue weighted by Gasteiger charge is 2.36. The zero-order valence-electron chi connectivity index (χ0n) is 11.0. The first-order valence-corrected chi connectivity index (χ1v) is 6.35. The lowest BCUT2D eigenvalue weighted by Gasteiger charge is -2.32. The molecule has 1 unspecified atom stereocenters. The maximum atomic E-state index is 12.1. The molecule has 19 heavy (non-hydrogen) atoms. The van der Waals surface area contributed by atoms with Crippen molar-refractivity contribution in [3.05, 3.63) is 23.8 Å². The summed E-state index contributed by atoms with van der Waals surface area (Å²) in [5.41, 5.74) is 0.355. The molecule has 1 saturated heterocycles. The number of rotatable bonds is 2. The summed E-state index contributed by atoms with van der Waals surface area (Å²) in [4.78, 5) is 12.1. The van der Waals surface area contributed by atoms with Crippen molar-refractivity contribution in [1.29, 1.82) is 0 Å². The van der Waals surface area contributed by atoms with Gasteiger partial charge in [-0.15, -0.1) is 0 Å². The van der Waals surface area contributed by atoms with E-state index >= 15 is 0 Å². The molecule has 2 heterocycles. The van der Waals surface area contributed by atoms with E-state index in [4.69, 9.17) is 18.9 Å². The molecule has 2 aliphatic rings. The van der Waals surface area contributed by atoms with Gasteiger partial charge in [-0.05, 0) is 12.1 Å². The zero-order chi connectivity index (χ0) is 13.5. The van der Waals surface area contributed by atoms with E-state index in [1.54, 1.807) is 32.0 Å². The Morgan fingerprint density at radius 2 is 2.16 bits per heavy atom. The Labute approximate surface area is 111 Å². The molecule has 3 rings (SSSR count). The molecule has 0 amide bonds. The van der Waals surface area contributed by atoms with E-state index < -0.39 is 11.8 Å². The third kappa shape index (κ3) is 2.38. The van der Waals surface area contributed by atoms with Crippen molar-refractivity contribution in [2.45, 2.75) is 32.2 Å². The minimum absolute atomic E-state index is 0.0192. The molecular weight excluding hydrogens is 248 g/mol. The summed E-state index contributed by atoms with van der Waals surface area (Å²) in [7, 11) is 0. The lowest BCUT2D eigenvalue weighted by Crippen LogP contribution is -2.39. The number of cyclic esters (lactones) is 1. The first-order chi connectivity index (χ1) is 9.05. The second kappa shape index (κ2) is 4.42. The number of benzene rings is 1. The molecule has 0 bridgehead atoms. The highest BCUT2D eigenvalue weighted by atomic mass is 16.7. The predicted octanol–water partition coefficient (Wildman–Crippen LogP) is 2.14. The number of carbonyl (C=O) groups excluding carboxylic acids is 1. The van der Waals surface area contributed by atoms with E-state index in [0.717, 1.165) is 6.42 Å². The molecule has 0 aromatic heterocycles. The van der Waals surface area contributed by atoms with Crippen LogP contribution in [-0.2, 0) is 9.47 Å². The highest BCUT2D eigenvalue weighted by Crippen LogP contribution is 2.37. The van der Waals surface area contributed by atoms with Crippen molar-refractivity contribution in [3.8, 4) is 11.5 Å². The standard InChI is InChI=1S/C14H16O5/c1-14(2)18-11-5-3-4-10(12(11)13(15)19-14)17-9-6-7-16-8-9/h3-5,9H,6-8H2,1-2H3. The van der Waals surface area contributed by atoms with Gasteiger partial charge in [-0.2, -0.15) is 0 Å². The average molecular weight is 264 g/mol. The second-order valence-corrected chi connectivity index (χ2v) is 5.12. The Kier molecular flexibility index (Phi) is 2.86. The summed E-state index contributed by atoms with van der Waals surface area (Å²) in [6, 6.07) is 5.30. The summed E-state index contributed by atoms with van der Waals surface area (Å²) in [6.07, 6.45) is 0.805. The van der Waals surface area contributed by atoms with Gasteiger partial charge in [0.2, 0.25) is 5.79 Å². The fourth-order valence-electron chi connectivity index (χ4n) is 2.24. The van der Waals surface area contributed by atoms with Crippen LogP contribution in [0, 0.1) is 0 Å². The van der Waals surface area contributed by atoms with Gasteiger partial charge < -0.3 is 18.9 Å². The minimum Gasteiger partial charge on any atom is -0.487 e. The molecule has 1 aromatic carbocycles. The zero-order valence-corrected chi connectivity index (χ0v) is 11.0. The van der Waals surface area contributed by atoms with Gasteiger partial charge >= 0.3 is 5.97 Å². The largest absolute Gasteiger partial charge is 0.487 e. The molecule has 1 atom stereocenters. The Balaban J connectivity index is 1.92. The molecule has 1 fully saturated rings. The Morgan fingerprint density at radius 1 is 1.32 bits per heavy atom. The monoisotopic (exact) mass is 264 g/mol. The van der Waals surface area contributed by atoms with Gasteiger partial charge in [0.15, 0.2) is 0 Å². The number of carbonyl (C=O) groups is 1. The molecule has 0 aliphatic carbocycles. The summed E-state index contributed by atoms with van der Waals surface area (Å²) in [5.74, 6) is -0.369. The van der Waals surface area contributed by atoms with Gasteiger partial charge in [0.25, 0.3) is 0 Å². The van der Waals surface area contributed by atoms with E-state index in [2.05, 4.69) is 0 Å². The smallest absolute Gasteiger partial charge is 0.349 e. The number of ether oxygens (including phenoxy) is 4. The van der Waals surface area contributed by atoms with Crippen LogP contribution in [0.1, 0.15) is 30.6 Å². The van der Waals surface area contributed by atoms with Crippen LogP contribution in [0.25, 0.3) is 0 Å². The molecular formula is C14H16O5. The van der Waals surface area contributed by atoms with Gasteiger partial charge in [-0.25, -0.2) is 4.79 Å². The van der Waals surface area contributed by atoms with Gasteiger partial charge in [-0.3, -0.25) is 0 Å². The van der Waals surface area contributed by atoms with Crippen molar-refractivity contribution in [2.75, 3.05) is 13.2 Å². The molecule has 5 nitrogen and oxygen atoms in total. The fraction of sp³-hybridized carbons (Fsp3) is 0.500. The quantitative estimate of drug-likeness (QED) is 0.766. The van der Waals surface area contributed by atoms with Gasteiger partial charge in [0, 0.05) is 20.3 Å². The molecule has 0 spiro atoms. The fourth-order valence-corrected chi connectivity index (χ4v) is 2.24. The summed E-state index contributed by atoms with van der Waals surface area (Å²) in [6.45, 7) is 4.64. The van der Waals surface area contributed by atoms with Crippen molar-refractivity contribution in [1.82, 2.24) is 0 Å². The Bertz CT molecular complexity index is 503. The molecule has 0 N–H and O–H groups in total. The van der Waals surface area contributed by atoms with Gasteiger partial charge in [-0.1, -0.05) is 6.07 Å². The lowest BCUT2D eigenvalue weighted by molar-refractivity contribution is -0.127. The third-order valence-electron chi connectivity index (χ3n) is 3.07. The molecule has 5 heteroatoms. The van der Waals surface area contributed by atoms with E-state index in [-0.39, 0.29) is 6.10 Å². The van der Waals surface area contributed by atoms with Crippen LogP contribution in [0.4, 0.5) is 0 Å². The van der Waals surface area contributed by atoms with Crippen molar-refractivity contribution >= 4 is 5.97 Å². The maximum Gasteiger partial charge on any atom is 0.349 e. The van der Waals surface area contributed by atoms with Crippen LogP contribution < -0.4 is 9.47 Å². The van der Waals surface area contributed by atoms with E-state index in [9.17, 15) is 4.79 Å². The molecule has 0 radical (unpaired) electrons. The Hall–Kier alpha value is -1.75. The maximum absolute atomic E-state index is 12.1. The van der Waals surface area contributed by atoms with Crippen LogP contribution in [0.2, 0.25) is 0 Å².